The van der Waals surface area contributed by atoms with Gasteiger partial charge in [0.1, 0.15) is 18.0 Å². The van der Waals surface area contributed by atoms with Crippen molar-refractivity contribution in [3.8, 4) is 17.2 Å². The number of aryl methyl sites for hydroxylation is 1. The quantitative estimate of drug-likeness (QED) is 0.568. The molecule has 3 nitrogen and oxygen atoms in total. The van der Waals surface area contributed by atoms with E-state index in [2.05, 4.69) is 6.08 Å². The van der Waals surface area contributed by atoms with Crippen LogP contribution in [0.4, 0.5) is 4.39 Å². The summed E-state index contributed by atoms with van der Waals surface area (Å²) < 4.78 is 30.6. The molecule has 3 rings (SSSR count). The van der Waals surface area contributed by atoms with Gasteiger partial charge in [0.05, 0.1) is 19.5 Å². The van der Waals surface area contributed by atoms with Crippen LogP contribution in [0.2, 0.25) is 0 Å². The van der Waals surface area contributed by atoms with E-state index >= 15 is 0 Å². The highest BCUT2D eigenvalue weighted by atomic mass is 32.2. The molecule has 144 valence electrons. The van der Waals surface area contributed by atoms with E-state index in [1.807, 2.05) is 57.2 Å². The third-order valence-electron chi connectivity index (χ3n) is 4.50. The van der Waals surface area contributed by atoms with Gasteiger partial charge in [-0.2, -0.15) is 0 Å². The van der Waals surface area contributed by atoms with E-state index in [1.165, 1.54) is 11.8 Å². The maximum atomic E-state index is 13.9. The highest BCUT2D eigenvalue weighted by molar-refractivity contribution is 7.99. The second-order valence-electron chi connectivity index (χ2n) is 7.07. The van der Waals surface area contributed by atoms with Crippen LogP contribution >= 0.6 is 11.8 Å². The first-order chi connectivity index (χ1) is 12.9. The minimum absolute atomic E-state index is 0.305. The Hall–Kier alpha value is -2.14. The van der Waals surface area contributed by atoms with E-state index in [0.29, 0.717) is 11.5 Å². The zero-order valence-corrected chi connectivity index (χ0v) is 17.2. The second kappa shape index (κ2) is 7.85. The van der Waals surface area contributed by atoms with Crippen molar-refractivity contribution in [2.24, 2.45) is 0 Å². The van der Waals surface area contributed by atoms with Crippen molar-refractivity contribution in [1.82, 2.24) is 0 Å². The second-order valence-corrected chi connectivity index (χ2v) is 8.35. The van der Waals surface area contributed by atoms with Crippen LogP contribution in [-0.2, 0) is 0 Å². The number of hydrogen-bond donors (Lipinski definition) is 0. The van der Waals surface area contributed by atoms with Gasteiger partial charge in [-0.05, 0) is 62.2 Å². The molecule has 2 aromatic rings. The summed E-state index contributed by atoms with van der Waals surface area (Å²) in [6.07, 6.45) is 4.10. The minimum atomic E-state index is -0.476. The van der Waals surface area contributed by atoms with Crippen LogP contribution in [0.3, 0.4) is 0 Å². The number of ether oxygens (including phenoxy) is 3. The highest BCUT2D eigenvalue weighted by Crippen LogP contribution is 2.42. The molecule has 0 aliphatic carbocycles. The van der Waals surface area contributed by atoms with Gasteiger partial charge < -0.3 is 14.2 Å². The molecule has 1 unspecified atom stereocenters. The fourth-order valence-corrected chi connectivity index (χ4v) is 4.16. The fourth-order valence-electron chi connectivity index (χ4n) is 3.15. The molecule has 0 saturated heterocycles. The van der Waals surface area contributed by atoms with Crippen molar-refractivity contribution in [3.05, 3.63) is 53.1 Å². The Morgan fingerprint density at radius 1 is 1.15 bits per heavy atom. The molecule has 0 N–H and O–H groups in total. The van der Waals surface area contributed by atoms with Crippen molar-refractivity contribution in [3.63, 3.8) is 0 Å². The van der Waals surface area contributed by atoms with Gasteiger partial charge in [-0.15, -0.1) is 11.8 Å². The first-order valence-electron chi connectivity index (χ1n) is 8.84. The number of thioether (sulfide) groups is 1. The Bertz CT molecular complexity index is 861. The van der Waals surface area contributed by atoms with Gasteiger partial charge >= 0.3 is 0 Å². The Balaban J connectivity index is 1.87. The maximum Gasteiger partial charge on any atom is 0.163 e. The molecule has 27 heavy (non-hydrogen) atoms. The Kier molecular flexibility index (Phi) is 5.70. The number of fused-ring (bicyclic) bond motifs is 1. The Labute approximate surface area is 164 Å². The summed E-state index contributed by atoms with van der Waals surface area (Å²) in [6, 6.07) is 9.80. The van der Waals surface area contributed by atoms with Gasteiger partial charge in [0, 0.05) is 10.5 Å². The predicted molar refractivity (Wildman–Crippen MR) is 109 cm³/mol. The van der Waals surface area contributed by atoms with E-state index < -0.39 is 6.67 Å². The molecule has 0 amide bonds. The first kappa shape index (κ1) is 19.6. The summed E-state index contributed by atoms with van der Waals surface area (Å²) in [5, 5.41) is -0.327. The fraction of sp³-hybridized carbons (Fsp3) is 0.364. The highest BCUT2D eigenvalue weighted by Gasteiger charge is 2.23. The number of benzene rings is 2. The molecule has 0 fully saturated rings. The summed E-state index contributed by atoms with van der Waals surface area (Å²) in [6.45, 7) is 5.50. The average Bonchev–Trinajstić information content (AvgIpc) is 2.64. The number of methoxy groups -OCH3 is 2. The summed E-state index contributed by atoms with van der Waals surface area (Å²) in [7, 11) is 3.20. The van der Waals surface area contributed by atoms with Crippen molar-refractivity contribution in [2.75, 3.05) is 20.9 Å². The molecule has 5 heteroatoms. The predicted octanol–water partition coefficient (Wildman–Crippen LogP) is 6.00. The molecule has 2 aromatic carbocycles. The van der Waals surface area contributed by atoms with E-state index in [9.17, 15) is 4.39 Å². The molecule has 1 heterocycles. The van der Waals surface area contributed by atoms with Crippen molar-refractivity contribution >= 4 is 17.8 Å². The van der Waals surface area contributed by atoms with Crippen LogP contribution in [0.15, 0.2) is 41.3 Å². The average molecular weight is 388 g/mol. The van der Waals surface area contributed by atoms with Gasteiger partial charge in [0.25, 0.3) is 0 Å². The van der Waals surface area contributed by atoms with E-state index in [-0.39, 0.29) is 10.9 Å². The third kappa shape index (κ3) is 4.24. The molecule has 0 saturated carbocycles. The molecule has 0 bridgehead atoms. The molecule has 0 spiro atoms. The van der Waals surface area contributed by atoms with Crippen LogP contribution in [0.25, 0.3) is 6.08 Å². The lowest BCUT2D eigenvalue weighted by molar-refractivity contribution is 0.159. The minimum Gasteiger partial charge on any atom is -0.493 e. The number of halogens is 1. The largest absolute Gasteiger partial charge is 0.493 e. The van der Waals surface area contributed by atoms with Crippen LogP contribution < -0.4 is 14.2 Å². The summed E-state index contributed by atoms with van der Waals surface area (Å²) in [5.74, 6) is 2.16. The molecule has 1 aliphatic heterocycles. The monoisotopic (exact) mass is 387 g/mol. The summed E-state index contributed by atoms with van der Waals surface area (Å²) in [4.78, 5) is 0.997. The van der Waals surface area contributed by atoms with Gasteiger partial charge in [0.15, 0.2) is 11.5 Å². The molecule has 0 aromatic heterocycles. The number of alkyl halides is 1. The topological polar surface area (TPSA) is 27.7 Å². The lowest BCUT2D eigenvalue weighted by Gasteiger charge is -2.28. The normalized spacial score (nSPS) is 15.6. The van der Waals surface area contributed by atoms with E-state index in [4.69, 9.17) is 14.2 Å². The Morgan fingerprint density at radius 2 is 1.93 bits per heavy atom. The van der Waals surface area contributed by atoms with Gasteiger partial charge in [-0.1, -0.05) is 12.1 Å². The van der Waals surface area contributed by atoms with E-state index in [1.54, 1.807) is 14.2 Å². The molecule has 1 atom stereocenters. The van der Waals surface area contributed by atoms with E-state index in [0.717, 1.165) is 27.3 Å². The van der Waals surface area contributed by atoms with Crippen LogP contribution in [0, 0.1) is 6.92 Å². The number of hydrogen-bond acceptors (Lipinski definition) is 4. The molecule has 1 aliphatic rings. The van der Waals surface area contributed by atoms with Crippen molar-refractivity contribution < 1.29 is 18.6 Å². The standard InChI is InChI=1S/C22H25FO3S/c1-14-10-16(12-19(24-4)21(14)25-5)20(13-23)27-17-6-7-18-15(11-17)8-9-22(2,3)26-18/h6-12,20H,13H2,1-5H3/i23-1. The smallest absolute Gasteiger partial charge is 0.163 e. The van der Waals surface area contributed by atoms with Gasteiger partial charge in [-0.25, -0.2) is 4.39 Å². The van der Waals surface area contributed by atoms with Crippen LogP contribution in [-0.4, -0.2) is 26.5 Å². The zero-order valence-electron chi connectivity index (χ0n) is 16.3. The van der Waals surface area contributed by atoms with Crippen LogP contribution in [0.5, 0.6) is 17.2 Å². The van der Waals surface area contributed by atoms with Gasteiger partial charge in [0.2, 0.25) is 0 Å². The number of rotatable bonds is 6. The van der Waals surface area contributed by atoms with Crippen molar-refractivity contribution in [1.29, 1.82) is 0 Å². The third-order valence-corrected chi connectivity index (χ3v) is 5.70. The Morgan fingerprint density at radius 3 is 2.59 bits per heavy atom. The summed E-state index contributed by atoms with van der Waals surface area (Å²) in [5.41, 5.74) is 2.51. The summed E-state index contributed by atoms with van der Waals surface area (Å²) >= 11 is 1.50. The molecule has 0 radical (unpaired) electrons. The maximum absolute atomic E-state index is 13.9. The molecular weight excluding hydrogens is 362 g/mol. The van der Waals surface area contributed by atoms with Gasteiger partial charge in [-0.3, -0.25) is 0 Å². The first-order valence-corrected chi connectivity index (χ1v) is 9.72. The zero-order chi connectivity index (χ0) is 19.6. The van der Waals surface area contributed by atoms with Crippen molar-refractivity contribution in [2.45, 2.75) is 36.5 Å². The lowest BCUT2D eigenvalue weighted by atomic mass is 10.0. The van der Waals surface area contributed by atoms with Crippen LogP contribution in [0.1, 0.15) is 35.8 Å². The SMILES string of the molecule is COc1cc(C(C[18F])Sc2ccc3c(c2)C=CC(C)(C)O3)cc(C)c1OC. The molecular formula is C22H25FO3S. The lowest BCUT2D eigenvalue weighted by Crippen LogP contribution is -2.27.